The molecule has 18 heavy (non-hydrogen) atoms. The third kappa shape index (κ3) is 4.59. The quantitative estimate of drug-likeness (QED) is 0.888. The Morgan fingerprint density at radius 3 is 2.39 bits per heavy atom. The molecule has 0 fully saturated rings. The van der Waals surface area contributed by atoms with Crippen LogP contribution in [0.2, 0.25) is 0 Å². The van der Waals surface area contributed by atoms with Crippen molar-refractivity contribution in [2.45, 2.75) is 12.4 Å². The van der Waals surface area contributed by atoms with Crippen molar-refractivity contribution >= 4 is 12.4 Å². The average molecular weight is 287 g/mol. The first kappa shape index (κ1) is 16.8. The Kier molecular flexibility index (Phi) is 6.23. The summed E-state index contributed by atoms with van der Waals surface area (Å²) in [6.07, 6.45) is -4.74. The van der Waals surface area contributed by atoms with E-state index in [-0.39, 0.29) is 24.7 Å². The predicted molar refractivity (Wildman–Crippen MR) is 62.9 cm³/mol. The summed E-state index contributed by atoms with van der Waals surface area (Å²) in [4.78, 5) is 0. The van der Waals surface area contributed by atoms with Crippen LogP contribution in [0.15, 0.2) is 18.2 Å². The zero-order chi connectivity index (χ0) is 13.1. The molecule has 1 rings (SSSR count). The van der Waals surface area contributed by atoms with Gasteiger partial charge in [-0.05, 0) is 18.2 Å². The van der Waals surface area contributed by atoms with Gasteiger partial charge in [0.25, 0.3) is 0 Å². The molecule has 0 saturated carbocycles. The minimum absolute atomic E-state index is 0. The van der Waals surface area contributed by atoms with Gasteiger partial charge >= 0.3 is 6.36 Å². The number of hydrogen-bond donors (Lipinski definition) is 2. The van der Waals surface area contributed by atoms with E-state index >= 15 is 0 Å². The number of alkyl halides is 3. The summed E-state index contributed by atoms with van der Waals surface area (Å²) in [6.45, 7) is 0.0891. The second-order valence-corrected chi connectivity index (χ2v) is 3.29. The molecule has 0 amide bonds. The number of hydrogen-bond acceptors (Lipinski definition) is 4. The largest absolute Gasteiger partial charge is 0.573 e. The van der Waals surface area contributed by atoms with Gasteiger partial charge in [-0.2, -0.15) is 0 Å². The lowest BCUT2D eigenvalue weighted by molar-refractivity contribution is -0.274. The average Bonchev–Trinajstić information content (AvgIpc) is 2.25. The van der Waals surface area contributed by atoms with Crippen LogP contribution in [0.3, 0.4) is 0 Å². The maximum Gasteiger partial charge on any atom is 0.573 e. The van der Waals surface area contributed by atoms with Crippen molar-refractivity contribution in [1.82, 2.24) is 0 Å². The van der Waals surface area contributed by atoms with Crippen molar-refractivity contribution in [3.63, 3.8) is 0 Å². The highest BCUT2D eigenvalue weighted by Gasteiger charge is 2.31. The van der Waals surface area contributed by atoms with Gasteiger partial charge in [-0.15, -0.1) is 25.6 Å². The van der Waals surface area contributed by atoms with Gasteiger partial charge in [0.2, 0.25) is 0 Å². The lowest BCUT2D eigenvalue weighted by Gasteiger charge is -2.16. The van der Waals surface area contributed by atoms with Crippen molar-refractivity contribution < 1.29 is 22.6 Å². The van der Waals surface area contributed by atoms with Crippen LogP contribution < -0.4 is 20.9 Å². The van der Waals surface area contributed by atoms with Gasteiger partial charge in [-0.1, -0.05) is 0 Å². The van der Waals surface area contributed by atoms with E-state index in [0.717, 1.165) is 6.07 Å². The fourth-order valence-corrected chi connectivity index (χ4v) is 1.33. The van der Waals surface area contributed by atoms with E-state index in [1.165, 1.54) is 19.2 Å². The summed E-state index contributed by atoms with van der Waals surface area (Å²) in [5.41, 5.74) is 11.4. The summed E-state index contributed by atoms with van der Waals surface area (Å²) in [7, 11) is 1.40. The molecule has 4 N–H and O–H groups in total. The highest BCUT2D eigenvalue weighted by atomic mass is 35.5. The van der Waals surface area contributed by atoms with Crippen molar-refractivity contribution in [2.75, 3.05) is 13.7 Å². The number of rotatable bonds is 4. The minimum Gasteiger partial charge on any atom is -0.496 e. The normalized spacial score (nSPS) is 12.6. The molecule has 0 aliphatic heterocycles. The summed E-state index contributed by atoms with van der Waals surface area (Å²) < 4.78 is 44.9. The van der Waals surface area contributed by atoms with E-state index in [1.807, 2.05) is 0 Å². The molecule has 0 spiro atoms. The molecule has 0 aromatic heterocycles. The van der Waals surface area contributed by atoms with Crippen molar-refractivity contribution in [1.29, 1.82) is 0 Å². The first-order chi connectivity index (χ1) is 7.87. The smallest absolute Gasteiger partial charge is 0.496 e. The lowest BCUT2D eigenvalue weighted by atomic mass is 10.1. The number of nitrogens with two attached hydrogens (primary N) is 2. The molecule has 1 atom stereocenters. The molecule has 8 heteroatoms. The molecule has 0 aliphatic carbocycles. The van der Waals surface area contributed by atoms with Crippen molar-refractivity contribution in [2.24, 2.45) is 11.5 Å². The molecule has 4 nitrogen and oxygen atoms in total. The summed E-state index contributed by atoms with van der Waals surface area (Å²) in [5.74, 6) is 0.0228. The molecule has 1 aromatic rings. The Balaban J connectivity index is 0.00000289. The molecule has 1 aromatic carbocycles. The standard InChI is InChI=1S/C10H13F3N2O2.ClH/c1-16-9-3-2-6(17-10(11,12)13)4-7(9)8(15)5-14;/h2-4,8H,5,14-15H2,1H3;1H/t8-;/m0./s1. The predicted octanol–water partition coefficient (Wildman–Crippen LogP) is 1.97. The third-order valence-corrected chi connectivity index (χ3v) is 2.09. The van der Waals surface area contributed by atoms with Crippen molar-refractivity contribution in [3.05, 3.63) is 23.8 Å². The molecule has 0 bridgehead atoms. The van der Waals surface area contributed by atoms with Crippen LogP contribution in [0.1, 0.15) is 11.6 Å². The first-order valence-corrected chi connectivity index (χ1v) is 4.76. The maximum absolute atomic E-state index is 12.0. The molecular formula is C10H14ClF3N2O2. The molecule has 0 aliphatic rings. The summed E-state index contributed by atoms with van der Waals surface area (Å²) in [5, 5.41) is 0. The second-order valence-electron chi connectivity index (χ2n) is 3.29. The van der Waals surface area contributed by atoms with Gasteiger partial charge in [-0.3, -0.25) is 0 Å². The molecule has 0 heterocycles. The Hall–Kier alpha value is -1.18. The van der Waals surface area contributed by atoms with Gasteiger partial charge in [0.15, 0.2) is 0 Å². The molecule has 0 unspecified atom stereocenters. The van der Waals surface area contributed by atoms with E-state index in [4.69, 9.17) is 16.2 Å². The van der Waals surface area contributed by atoms with E-state index in [9.17, 15) is 13.2 Å². The van der Waals surface area contributed by atoms with E-state index in [2.05, 4.69) is 4.74 Å². The first-order valence-electron chi connectivity index (χ1n) is 4.76. The topological polar surface area (TPSA) is 70.5 Å². The highest BCUT2D eigenvalue weighted by Crippen LogP contribution is 2.30. The van der Waals surface area contributed by atoms with E-state index in [0.29, 0.717) is 11.3 Å². The fraction of sp³-hybridized carbons (Fsp3) is 0.400. The van der Waals surface area contributed by atoms with Crippen LogP contribution in [-0.4, -0.2) is 20.0 Å². The Labute approximate surface area is 108 Å². The summed E-state index contributed by atoms with van der Waals surface area (Å²) >= 11 is 0. The zero-order valence-electron chi connectivity index (χ0n) is 9.53. The van der Waals surface area contributed by atoms with Gasteiger partial charge in [-0.25, -0.2) is 0 Å². The number of halogens is 4. The summed E-state index contributed by atoms with van der Waals surface area (Å²) in [6, 6.07) is 3.07. The minimum atomic E-state index is -4.74. The SMILES string of the molecule is COc1ccc(OC(F)(F)F)cc1[C@@H](N)CN.Cl. The second kappa shape index (κ2) is 6.67. The zero-order valence-corrected chi connectivity index (χ0v) is 10.3. The van der Waals surface area contributed by atoms with Crippen LogP contribution in [0.5, 0.6) is 11.5 Å². The third-order valence-electron chi connectivity index (χ3n) is 2.09. The number of benzene rings is 1. The monoisotopic (exact) mass is 286 g/mol. The Bertz CT molecular complexity index is 388. The van der Waals surface area contributed by atoms with Gasteiger partial charge in [0.1, 0.15) is 11.5 Å². The number of ether oxygens (including phenoxy) is 2. The lowest BCUT2D eigenvalue weighted by Crippen LogP contribution is -2.22. The fourth-order valence-electron chi connectivity index (χ4n) is 1.33. The van der Waals surface area contributed by atoms with Crippen LogP contribution in [0.25, 0.3) is 0 Å². The van der Waals surface area contributed by atoms with E-state index < -0.39 is 12.4 Å². The Morgan fingerprint density at radius 1 is 1.33 bits per heavy atom. The van der Waals surface area contributed by atoms with Gasteiger partial charge in [0, 0.05) is 18.2 Å². The maximum atomic E-state index is 12.0. The molecule has 0 radical (unpaired) electrons. The van der Waals surface area contributed by atoms with Crippen LogP contribution in [0, 0.1) is 0 Å². The van der Waals surface area contributed by atoms with Crippen LogP contribution in [0.4, 0.5) is 13.2 Å². The van der Waals surface area contributed by atoms with Crippen molar-refractivity contribution in [3.8, 4) is 11.5 Å². The molecule has 104 valence electrons. The molecular weight excluding hydrogens is 273 g/mol. The number of methoxy groups -OCH3 is 1. The highest BCUT2D eigenvalue weighted by molar-refractivity contribution is 5.85. The van der Waals surface area contributed by atoms with Crippen LogP contribution in [-0.2, 0) is 0 Å². The van der Waals surface area contributed by atoms with Gasteiger partial charge in [0.05, 0.1) is 7.11 Å². The van der Waals surface area contributed by atoms with Gasteiger partial charge < -0.3 is 20.9 Å². The van der Waals surface area contributed by atoms with Crippen LogP contribution >= 0.6 is 12.4 Å². The van der Waals surface area contributed by atoms with E-state index in [1.54, 1.807) is 0 Å². The molecule has 0 saturated heterocycles. The Morgan fingerprint density at radius 2 is 1.94 bits per heavy atom.